The van der Waals surface area contributed by atoms with Crippen LogP contribution in [-0.2, 0) is 18.3 Å². The molecule has 2 heterocycles. The Morgan fingerprint density at radius 1 is 1.50 bits per heavy atom. The molecule has 1 aliphatic rings. The first kappa shape index (κ1) is 11.9. The van der Waals surface area contributed by atoms with Gasteiger partial charge in [-0.2, -0.15) is 0 Å². The number of ether oxygens (including phenoxy) is 1. The van der Waals surface area contributed by atoms with Crippen LogP contribution in [-0.4, -0.2) is 32.7 Å². The molecule has 1 fully saturated rings. The summed E-state index contributed by atoms with van der Waals surface area (Å²) < 4.78 is 7.70. The second-order valence-corrected chi connectivity index (χ2v) is 5.11. The van der Waals surface area contributed by atoms with Crippen molar-refractivity contribution >= 4 is 11.8 Å². The third-order valence-electron chi connectivity index (χ3n) is 2.83. The van der Waals surface area contributed by atoms with E-state index in [4.69, 9.17) is 10.5 Å². The molecule has 1 aromatic heterocycles. The second kappa shape index (κ2) is 5.16. The van der Waals surface area contributed by atoms with Gasteiger partial charge in [-0.05, 0) is 19.8 Å². The van der Waals surface area contributed by atoms with Crippen LogP contribution < -0.4 is 5.73 Å². The summed E-state index contributed by atoms with van der Waals surface area (Å²) in [6.45, 7) is 2.56. The fourth-order valence-corrected chi connectivity index (χ4v) is 2.80. The maximum atomic E-state index is 5.75. The van der Waals surface area contributed by atoms with Gasteiger partial charge in [0.25, 0.3) is 0 Å². The fraction of sp³-hybridized carbons (Fsp3) is 0.800. The third kappa shape index (κ3) is 2.56. The molecule has 0 amide bonds. The van der Waals surface area contributed by atoms with Gasteiger partial charge in [0.15, 0.2) is 5.16 Å². The summed E-state index contributed by atoms with van der Waals surface area (Å²) in [5, 5.41) is 9.05. The molecule has 2 atom stereocenters. The standard InChI is InChI=1S/C10H18N4OS/c1-7-3-4-8(15-7)6-16-10-13-12-9(5-11)14(10)2/h7-8H,3-6,11H2,1-2H3. The summed E-state index contributed by atoms with van der Waals surface area (Å²) in [7, 11) is 1.95. The Bertz CT molecular complexity index is 355. The van der Waals surface area contributed by atoms with Gasteiger partial charge in [0.2, 0.25) is 0 Å². The van der Waals surface area contributed by atoms with Crippen LogP contribution in [0.25, 0.3) is 0 Å². The third-order valence-corrected chi connectivity index (χ3v) is 3.98. The number of hydrogen-bond acceptors (Lipinski definition) is 5. The molecule has 5 nitrogen and oxygen atoms in total. The zero-order chi connectivity index (χ0) is 11.5. The first-order valence-electron chi connectivity index (χ1n) is 5.57. The first-order chi connectivity index (χ1) is 7.70. The van der Waals surface area contributed by atoms with Crippen molar-refractivity contribution in [2.45, 2.75) is 43.7 Å². The van der Waals surface area contributed by atoms with E-state index in [1.165, 1.54) is 0 Å². The molecule has 1 aromatic rings. The van der Waals surface area contributed by atoms with Crippen LogP contribution in [0.15, 0.2) is 5.16 Å². The quantitative estimate of drug-likeness (QED) is 0.796. The number of nitrogens with zero attached hydrogens (tertiary/aromatic N) is 3. The van der Waals surface area contributed by atoms with E-state index in [0.717, 1.165) is 29.6 Å². The van der Waals surface area contributed by atoms with Crippen LogP contribution in [0.5, 0.6) is 0 Å². The minimum absolute atomic E-state index is 0.359. The van der Waals surface area contributed by atoms with Crippen molar-refractivity contribution < 1.29 is 4.74 Å². The fourth-order valence-electron chi connectivity index (χ4n) is 1.82. The first-order valence-corrected chi connectivity index (χ1v) is 6.56. The molecule has 2 rings (SSSR count). The lowest BCUT2D eigenvalue weighted by molar-refractivity contribution is 0.0699. The maximum Gasteiger partial charge on any atom is 0.191 e. The zero-order valence-electron chi connectivity index (χ0n) is 9.72. The molecule has 1 aliphatic heterocycles. The van der Waals surface area contributed by atoms with Crippen molar-refractivity contribution in [1.82, 2.24) is 14.8 Å². The van der Waals surface area contributed by atoms with Crippen molar-refractivity contribution in [2.24, 2.45) is 12.8 Å². The van der Waals surface area contributed by atoms with Gasteiger partial charge in [0.1, 0.15) is 5.82 Å². The van der Waals surface area contributed by atoms with Crippen molar-refractivity contribution in [3.63, 3.8) is 0 Å². The summed E-state index contributed by atoms with van der Waals surface area (Å²) in [6, 6.07) is 0. The molecule has 90 valence electrons. The van der Waals surface area contributed by atoms with E-state index >= 15 is 0 Å². The van der Waals surface area contributed by atoms with Gasteiger partial charge in [-0.25, -0.2) is 0 Å². The molecule has 6 heteroatoms. The average molecular weight is 242 g/mol. The Kier molecular flexibility index (Phi) is 3.83. The molecular formula is C10H18N4OS. The largest absolute Gasteiger partial charge is 0.374 e. The van der Waals surface area contributed by atoms with E-state index in [-0.39, 0.29) is 0 Å². The summed E-state index contributed by atoms with van der Waals surface area (Å²) in [6.07, 6.45) is 3.08. The highest BCUT2D eigenvalue weighted by atomic mass is 32.2. The van der Waals surface area contributed by atoms with Gasteiger partial charge in [-0.1, -0.05) is 11.8 Å². The van der Waals surface area contributed by atoms with Crippen LogP contribution in [0.2, 0.25) is 0 Å². The normalized spacial score (nSPS) is 25.2. The van der Waals surface area contributed by atoms with Gasteiger partial charge in [0, 0.05) is 12.8 Å². The number of thioether (sulfide) groups is 1. The number of nitrogens with two attached hydrogens (primary N) is 1. The van der Waals surface area contributed by atoms with Gasteiger partial charge in [-0.15, -0.1) is 10.2 Å². The monoisotopic (exact) mass is 242 g/mol. The smallest absolute Gasteiger partial charge is 0.191 e. The van der Waals surface area contributed by atoms with Crippen LogP contribution in [0.1, 0.15) is 25.6 Å². The van der Waals surface area contributed by atoms with Gasteiger partial charge < -0.3 is 15.0 Å². The second-order valence-electron chi connectivity index (χ2n) is 4.12. The lowest BCUT2D eigenvalue weighted by atomic mass is 10.2. The molecule has 0 aromatic carbocycles. The summed E-state index contributed by atoms with van der Waals surface area (Å²) in [5.74, 6) is 1.77. The van der Waals surface area contributed by atoms with Crippen molar-refractivity contribution in [3.8, 4) is 0 Å². The zero-order valence-corrected chi connectivity index (χ0v) is 10.5. The SMILES string of the molecule is CC1CCC(CSc2nnc(CN)n2C)O1. The molecule has 2 unspecified atom stereocenters. The highest BCUT2D eigenvalue weighted by molar-refractivity contribution is 7.99. The minimum Gasteiger partial charge on any atom is -0.374 e. The van der Waals surface area contributed by atoms with E-state index < -0.39 is 0 Å². The predicted octanol–water partition coefficient (Wildman–Crippen LogP) is 0.933. The summed E-state index contributed by atoms with van der Waals surface area (Å²) in [4.78, 5) is 0. The van der Waals surface area contributed by atoms with Crippen LogP contribution in [0.4, 0.5) is 0 Å². The molecule has 0 spiro atoms. The maximum absolute atomic E-state index is 5.75. The van der Waals surface area contributed by atoms with E-state index in [1.54, 1.807) is 11.8 Å². The highest BCUT2D eigenvalue weighted by Crippen LogP contribution is 2.25. The topological polar surface area (TPSA) is 66.0 Å². The molecule has 0 saturated carbocycles. The molecule has 0 bridgehead atoms. The molecule has 0 aliphatic carbocycles. The molecular weight excluding hydrogens is 224 g/mol. The highest BCUT2D eigenvalue weighted by Gasteiger charge is 2.22. The van der Waals surface area contributed by atoms with Crippen molar-refractivity contribution in [2.75, 3.05) is 5.75 Å². The Morgan fingerprint density at radius 2 is 2.31 bits per heavy atom. The minimum atomic E-state index is 0.359. The molecule has 0 radical (unpaired) electrons. The summed E-state index contributed by atoms with van der Waals surface area (Å²) >= 11 is 1.69. The predicted molar refractivity (Wildman–Crippen MR) is 63.2 cm³/mol. The number of rotatable bonds is 4. The van der Waals surface area contributed by atoms with Crippen LogP contribution in [0.3, 0.4) is 0 Å². The van der Waals surface area contributed by atoms with Crippen molar-refractivity contribution in [1.29, 1.82) is 0 Å². The Labute approximate surface area is 99.7 Å². The van der Waals surface area contributed by atoms with Gasteiger partial charge >= 0.3 is 0 Å². The van der Waals surface area contributed by atoms with Crippen LogP contribution >= 0.6 is 11.8 Å². The molecule has 1 saturated heterocycles. The molecule has 2 N–H and O–H groups in total. The van der Waals surface area contributed by atoms with Crippen LogP contribution in [0, 0.1) is 0 Å². The van der Waals surface area contributed by atoms with Crippen molar-refractivity contribution in [3.05, 3.63) is 5.82 Å². The van der Waals surface area contributed by atoms with E-state index in [9.17, 15) is 0 Å². The van der Waals surface area contributed by atoms with E-state index in [1.807, 2.05) is 11.6 Å². The van der Waals surface area contributed by atoms with E-state index in [0.29, 0.717) is 18.8 Å². The Hall–Kier alpha value is -0.590. The molecule has 16 heavy (non-hydrogen) atoms. The summed E-state index contributed by atoms with van der Waals surface area (Å²) in [5.41, 5.74) is 5.54. The Balaban J connectivity index is 1.87. The number of aromatic nitrogens is 3. The lowest BCUT2D eigenvalue weighted by Crippen LogP contribution is -2.11. The lowest BCUT2D eigenvalue weighted by Gasteiger charge is -2.09. The van der Waals surface area contributed by atoms with Gasteiger partial charge in [0.05, 0.1) is 18.8 Å². The average Bonchev–Trinajstić information content (AvgIpc) is 2.83. The Morgan fingerprint density at radius 3 is 2.88 bits per heavy atom. The van der Waals surface area contributed by atoms with E-state index in [2.05, 4.69) is 17.1 Å². The van der Waals surface area contributed by atoms with Gasteiger partial charge in [-0.3, -0.25) is 0 Å². The number of hydrogen-bond donors (Lipinski definition) is 1.